The summed E-state index contributed by atoms with van der Waals surface area (Å²) in [6.07, 6.45) is -0.518. The molecule has 1 aliphatic carbocycles. The molecule has 8 heteroatoms. The normalized spacial score (nSPS) is 16.4. The monoisotopic (exact) mass is 420 g/mol. The van der Waals surface area contributed by atoms with Crippen LogP contribution in [0.4, 0.5) is 13.2 Å². The number of aryl methyl sites for hydroxylation is 1. The van der Waals surface area contributed by atoms with Crippen molar-refractivity contribution < 1.29 is 13.2 Å². The van der Waals surface area contributed by atoms with Crippen molar-refractivity contribution in [1.82, 2.24) is 14.5 Å². The largest absolute Gasteiger partial charge is 0.416 e. The third kappa shape index (κ3) is 3.75. The molecule has 1 aliphatic rings. The molecule has 2 aromatic heterocycles. The fraction of sp³-hybridized carbons (Fsp3) is 0.381. The van der Waals surface area contributed by atoms with E-state index in [2.05, 4.69) is 19.5 Å². The molecule has 4 nitrogen and oxygen atoms in total. The molecule has 0 aliphatic heterocycles. The molecule has 1 aromatic carbocycles. The molecule has 0 bridgehead atoms. The Labute approximate surface area is 171 Å². The molecular formula is C21H20ClF3N4. The standard InChI is InChI=1S/C21H20ClF3N4/c1-11-15(5-4-6-17(11)21(23,24)25)12(2)27-20-16-9-19(22)26-10-18(16)29(13(3)28-20)14-7-8-14/h4-6,9-10,12,14H,7-8H2,1-3H3. The van der Waals surface area contributed by atoms with Crippen LogP contribution in [0.15, 0.2) is 35.5 Å². The zero-order chi connectivity index (χ0) is 20.9. The van der Waals surface area contributed by atoms with Crippen molar-refractivity contribution >= 4 is 22.5 Å². The first-order chi connectivity index (χ1) is 13.7. The average molecular weight is 421 g/mol. The van der Waals surface area contributed by atoms with Gasteiger partial charge in [0.2, 0.25) is 0 Å². The third-order valence-corrected chi connectivity index (χ3v) is 5.53. The number of pyridine rings is 1. The van der Waals surface area contributed by atoms with Gasteiger partial charge in [0.15, 0.2) is 5.49 Å². The van der Waals surface area contributed by atoms with Crippen molar-refractivity contribution in [2.45, 2.75) is 51.9 Å². The van der Waals surface area contributed by atoms with Crippen LogP contribution in [-0.4, -0.2) is 14.5 Å². The molecule has 0 N–H and O–H groups in total. The van der Waals surface area contributed by atoms with Crippen molar-refractivity contribution in [3.05, 3.63) is 63.6 Å². The number of aromatic nitrogens is 3. The minimum absolute atomic E-state index is 0.181. The first-order valence-electron chi connectivity index (χ1n) is 9.41. The summed E-state index contributed by atoms with van der Waals surface area (Å²) >= 11 is 6.11. The van der Waals surface area contributed by atoms with Gasteiger partial charge >= 0.3 is 6.18 Å². The van der Waals surface area contributed by atoms with E-state index < -0.39 is 17.8 Å². The van der Waals surface area contributed by atoms with Gasteiger partial charge in [0.25, 0.3) is 0 Å². The first-order valence-corrected chi connectivity index (χ1v) is 9.79. The molecule has 4 rings (SSSR count). The minimum atomic E-state index is -4.40. The highest BCUT2D eigenvalue weighted by atomic mass is 35.5. The van der Waals surface area contributed by atoms with Gasteiger partial charge in [-0.25, -0.2) is 9.97 Å². The summed E-state index contributed by atoms with van der Waals surface area (Å²) in [5.74, 6) is 0.802. The van der Waals surface area contributed by atoms with E-state index in [1.165, 1.54) is 13.0 Å². The van der Waals surface area contributed by atoms with E-state index in [0.717, 1.165) is 35.6 Å². The Morgan fingerprint density at radius 2 is 1.97 bits per heavy atom. The Hall–Kier alpha value is -2.41. The van der Waals surface area contributed by atoms with Gasteiger partial charge in [-0.1, -0.05) is 23.7 Å². The lowest BCUT2D eigenvalue weighted by molar-refractivity contribution is -0.138. The lowest BCUT2D eigenvalue weighted by Crippen LogP contribution is -2.19. The van der Waals surface area contributed by atoms with Gasteiger partial charge in [-0.3, -0.25) is 4.99 Å². The van der Waals surface area contributed by atoms with Crippen LogP contribution in [-0.2, 0) is 6.18 Å². The lowest BCUT2D eigenvalue weighted by atomic mass is 9.97. The van der Waals surface area contributed by atoms with E-state index in [1.807, 2.05) is 6.92 Å². The van der Waals surface area contributed by atoms with Crippen LogP contribution in [0.1, 0.15) is 54.4 Å². The Kier molecular flexibility index (Phi) is 4.89. The number of hydrogen-bond acceptors (Lipinski definition) is 3. The summed E-state index contributed by atoms with van der Waals surface area (Å²) in [4.78, 5) is 13.5. The Balaban J connectivity index is 1.89. The van der Waals surface area contributed by atoms with Crippen LogP contribution in [0.3, 0.4) is 0 Å². The molecule has 1 fully saturated rings. The lowest BCUT2D eigenvalue weighted by Gasteiger charge is -2.17. The second-order valence-electron chi connectivity index (χ2n) is 7.43. The summed E-state index contributed by atoms with van der Waals surface area (Å²) < 4.78 is 42.0. The topological polar surface area (TPSA) is 43.1 Å². The van der Waals surface area contributed by atoms with Crippen molar-refractivity contribution in [2.75, 3.05) is 0 Å². The predicted octanol–water partition coefficient (Wildman–Crippen LogP) is 5.72. The van der Waals surface area contributed by atoms with Crippen molar-refractivity contribution in [3.63, 3.8) is 0 Å². The van der Waals surface area contributed by atoms with Gasteiger partial charge in [-0.05, 0) is 56.9 Å². The fourth-order valence-corrected chi connectivity index (χ4v) is 3.95. The zero-order valence-electron chi connectivity index (χ0n) is 16.3. The van der Waals surface area contributed by atoms with Gasteiger partial charge in [-0.15, -0.1) is 0 Å². The highest BCUT2D eigenvalue weighted by molar-refractivity contribution is 6.30. The molecule has 0 spiro atoms. The number of hydrogen-bond donors (Lipinski definition) is 0. The third-order valence-electron chi connectivity index (χ3n) is 5.33. The number of fused-ring (bicyclic) bond motifs is 1. The van der Waals surface area contributed by atoms with Crippen molar-refractivity contribution in [1.29, 1.82) is 0 Å². The van der Waals surface area contributed by atoms with Crippen molar-refractivity contribution in [2.24, 2.45) is 4.99 Å². The molecule has 29 heavy (non-hydrogen) atoms. The molecule has 0 saturated heterocycles. The number of halogens is 4. The molecular weight excluding hydrogens is 401 g/mol. The molecule has 0 radical (unpaired) electrons. The molecule has 1 saturated carbocycles. The van der Waals surface area contributed by atoms with Crippen LogP contribution in [0, 0.1) is 13.8 Å². The summed E-state index contributed by atoms with van der Waals surface area (Å²) in [6.45, 7) is 5.16. The van der Waals surface area contributed by atoms with E-state index in [-0.39, 0.29) is 5.56 Å². The maximum Gasteiger partial charge on any atom is 0.416 e. The SMILES string of the molecule is Cc1c(C(C)N=c2nc(C)n(C3CC3)c3cnc(Cl)cc23)cccc1C(F)(F)F. The van der Waals surface area contributed by atoms with Crippen LogP contribution in [0.5, 0.6) is 0 Å². The fourth-order valence-electron chi connectivity index (χ4n) is 3.79. The summed E-state index contributed by atoms with van der Waals surface area (Å²) in [5, 5.41) is 1.07. The quantitative estimate of drug-likeness (QED) is 0.509. The maximum atomic E-state index is 13.3. The van der Waals surface area contributed by atoms with E-state index >= 15 is 0 Å². The smallest absolute Gasteiger partial charge is 0.325 e. The molecule has 0 amide bonds. The number of benzene rings is 1. The summed E-state index contributed by atoms with van der Waals surface area (Å²) in [7, 11) is 0. The minimum Gasteiger partial charge on any atom is -0.325 e. The first kappa shape index (κ1) is 19.9. The Bertz CT molecular complexity index is 1160. The highest BCUT2D eigenvalue weighted by Gasteiger charge is 2.33. The van der Waals surface area contributed by atoms with Gasteiger partial charge in [0, 0.05) is 11.4 Å². The number of rotatable bonds is 3. The number of alkyl halides is 3. The Morgan fingerprint density at radius 3 is 2.62 bits per heavy atom. The number of nitrogens with zero attached hydrogens (tertiary/aromatic N) is 4. The van der Waals surface area contributed by atoms with E-state index in [1.54, 1.807) is 25.3 Å². The predicted molar refractivity (Wildman–Crippen MR) is 106 cm³/mol. The molecule has 2 heterocycles. The van der Waals surface area contributed by atoms with Gasteiger partial charge < -0.3 is 4.57 Å². The van der Waals surface area contributed by atoms with Crippen LogP contribution >= 0.6 is 11.6 Å². The summed E-state index contributed by atoms with van der Waals surface area (Å²) in [6, 6.07) is 5.79. The van der Waals surface area contributed by atoms with Gasteiger partial charge in [0.05, 0.1) is 23.3 Å². The zero-order valence-corrected chi connectivity index (χ0v) is 17.0. The van der Waals surface area contributed by atoms with Crippen LogP contribution in [0.25, 0.3) is 10.9 Å². The van der Waals surface area contributed by atoms with Crippen LogP contribution in [0.2, 0.25) is 5.15 Å². The highest BCUT2D eigenvalue weighted by Crippen LogP contribution is 2.38. The van der Waals surface area contributed by atoms with Crippen molar-refractivity contribution in [3.8, 4) is 0 Å². The second kappa shape index (κ2) is 7.13. The molecule has 1 unspecified atom stereocenters. The van der Waals surface area contributed by atoms with Gasteiger partial charge in [-0.2, -0.15) is 13.2 Å². The second-order valence-corrected chi connectivity index (χ2v) is 7.82. The van der Waals surface area contributed by atoms with E-state index in [4.69, 9.17) is 11.6 Å². The molecule has 3 aromatic rings. The van der Waals surface area contributed by atoms with Crippen LogP contribution < -0.4 is 5.49 Å². The maximum absolute atomic E-state index is 13.3. The van der Waals surface area contributed by atoms with E-state index in [9.17, 15) is 13.2 Å². The average Bonchev–Trinajstić information content (AvgIpc) is 3.46. The van der Waals surface area contributed by atoms with Gasteiger partial charge in [0.1, 0.15) is 11.0 Å². The van der Waals surface area contributed by atoms with E-state index in [0.29, 0.717) is 22.2 Å². The molecule has 1 atom stereocenters. The Morgan fingerprint density at radius 1 is 1.24 bits per heavy atom. The summed E-state index contributed by atoms with van der Waals surface area (Å²) in [5.41, 5.74) is 1.41. The molecule has 152 valence electrons.